The minimum absolute atomic E-state index is 0.197. The Morgan fingerprint density at radius 3 is 2.40 bits per heavy atom. The normalized spacial score (nSPS) is 18.2. The Bertz CT molecular complexity index is 804. The van der Waals surface area contributed by atoms with E-state index in [2.05, 4.69) is 16.5 Å². The maximum absolute atomic E-state index is 12.4. The number of hydrogen-bond donors (Lipinski definition) is 1. The molecule has 3 rings (SSSR count). The monoisotopic (exact) mass is 378 g/mol. The molecule has 0 radical (unpaired) electrons. The van der Waals surface area contributed by atoms with Crippen LogP contribution in [0.2, 0.25) is 5.02 Å². The molecule has 0 saturated carbocycles. The van der Waals surface area contributed by atoms with Crippen molar-refractivity contribution in [3.05, 3.63) is 53.6 Å². The minimum Gasteiger partial charge on any atom is -0.369 e. The van der Waals surface area contributed by atoms with E-state index < -0.39 is 10.0 Å². The number of rotatable bonds is 5. The van der Waals surface area contributed by atoms with Gasteiger partial charge in [0.1, 0.15) is 0 Å². The average molecular weight is 379 g/mol. The van der Waals surface area contributed by atoms with Crippen LogP contribution in [0.4, 0.5) is 11.4 Å². The zero-order chi connectivity index (χ0) is 17.9. The Balaban J connectivity index is 1.75. The van der Waals surface area contributed by atoms with Gasteiger partial charge in [-0.3, -0.25) is 4.72 Å². The largest absolute Gasteiger partial charge is 0.369 e. The minimum atomic E-state index is -3.61. The van der Waals surface area contributed by atoms with Crippen LogP contribution in [0.5, 0.6) is 0 Å². The Labute approximate surface area is 154 Å². The van der Waals surface area contributed by atoms with Gasteiger partial charge in [0, 0.05) is 29.0 Å². The molecule has 4 nitrogen and oxygen atoms in total. The third-order valence-electron chi connectivity index (χ3n) is 4.67. The molecule has 1 saturated heterocycles. The lowest BCUT2D eigenvalue weighted by Gasteiger charge is -2.37. The first kappa shape index (κ1) is 18.1. The molecule has 1 unspecified atom stereocenters. The van der Waals surface area contributed by atoms with Gasteiger partial charge in [0.15, 0.2) is 0 Å². The van der Waals surface area contributed by atoms with Gasteiger partial charge in [-0.05, 0) is 74.2 Å². The molecule has 0 aliphatic carbocycles. The summed E-state index contributed by atoms with van der Waals surface area (Å²) < 4.78 is 27.5. The average Bonchev–Trinajstić information content (AvgIpc) is 2.62. The summed E-state index contributed by atoms with van der Waals surface area (Å²) in [6.07, 6.45) is 4.85. The number of benzene rings is 2. The van der Waals surface area contributed by atoms with Crippen LogP contribution in [-0.4, -0.2) is 21.0 Å². The Morgan fingerprint density at radius 2 is 1.76 bits per heavy atom. The lowest BCUT2D eigenvalue weighted by Crippen LogP contribution is -2.39. The summed E-state index contributed by atoms with van der Waals surface area (Å²) in [5.74, 6) is 0. The molecule has 2 aromatic rings. The van der Waals surface area contributed by atoms with Gasteiger partial charge in [0.2, 0.25) is 0 Å². The van der Waals surface area contributed by atoms with Crippen molar-refractivity contribution in [3.8, 4) is 0 Å². The van der Waals surface area contributed by atoms with Crippen LogP contribution in [0.1, 0.15) is 32.6 Å². The first-order chi connectivity index (χ1) is 12.0. The fourth-order valence-electron chi connectivity index (χ4n) is 3.31. The molecule has 134 valence electrons. The number of nitrogens with zero attached hydrogens (tertiary/aromatic N) is 1. The molecule has 0 amide bonds. The van der Waals surface area contributed by atoms with Crippen molar-refractivity contribution in [2.75, 3.05) is 16.2 Å². The van der Waals surface area contributed by atoms with Crippen LogP contribution in [0, 0.1) is 0 Å². The smallest absolute Gasteiger partial charge is 0.261 e. The van der Waals surface area contributed by atoms with Gasteiger partial charge in [-0.1, -0.05) is 18.5 Å². The summed E-state index contributed by atoms with van der Waals surface area (Å²) in [4.78, 5) is 2.63. The van der Waals surface area contributed by atoms with Crippen molar-refractivity contribution in [1.29, 1.82) is 0 Å². The molecule has 0 spiro atoms. The molecule has 1 heterocycles. The zero-order valence-electron chi connectivity index (χ0n) is 14.3. The predicted octanol–water partition coefficient (Wildman–Crippen LogP) is 4.91. The molecule has 25 heavy (non-hydrogen) atoms. The highest BCUT2D eigenvalue weighted by Crippen LogP contribution is 2.28. The maximum Gasteiger partial charge on any atom is 0.261 e. The number of anilines is 2. The second-order valence-electron chi connectivity index (χ2n) is 6.36. The van der Waals surface area contributed by atoms with E-state index in [0.29, 0.717) is 16.8 Å². The highest BCUT2D eigenvalue weighted by Gasteiger charge is 2.21. The molecule has 1 N–H and O–H groups in total. The third-order valence-corrected chi connectivity index (χ3v) is 6.32. The number of hydrogen-bond acceptors (Lipinski definition) is 3. The summed E-state index contributed by atoms with van der Waals surface area (Å²) in [5.41, 5.74) is 1.71. The van der Waals surface area contributed by atoms with Crippen molar-refractivity contribution >= 4 is 33.0 Å². The summed E-state index contributed by atoms with van der Waals surface area (Å²) in [6.45, 7) is 3.28. The van der Waals surface area contributed by atoms with E-state index in [4.69, 9.17) is 11.6 Å². The second-order valence-corrected chi connectivity index (χ2v) is 8.48. The van der Waals surface area contributed by atoms with Gasteiger partial charge in [0.05, 0.1) is 4.90 Å². The lowest BCUT2D eigenvalue weighted by molar-refractivity contribution is 0.450. The second kappa shape index (κ2) is 7.67. The molecule has 0 bridgehead atoms. The highest BCUT2D eigenvalue weighted by molar-refractivity contribution is 7.92. The summed E-state index contributed by atoms with van der Waals surface area (Å²) in [6, 6.07) is 14.3. The van der Waals surface area contributed by atoms with Gasteiger partial charge in [-0.25, -0.2) is 8.42 Å². The Morgan fingerprint density at radius 1 is 1.08 bits per heavy atom. The number of sulfonamides is 1. The van der Waals surface area contributed by atoms with Crippen molar-refractivity contribution in [1.82, 2.24) is 0 Å². The molecule has 1 aliphatic rings. The molecular formula is C19H23ClN2O2S. The van der Waals surface area contributed by atoms with E-state index in [0.717, 1.165) is 18.7 Å². The van der Waals surface area contributed by atoms with Gasteiger partial charge in [-0.15, -0.1) is 0 Å². The van der Waals surface area contributed by atoms with E-state index in [1.165, 1.54) is 31.4 Å². The number of halogens is 1. The van der Waals surface area contributed by atoms with Crippen molar-refractivity contribution < 1.29 is 8.42 Å². The van der Waals surface area contributed by atoms with E-state index >= 15 is 0 Å². The molecular weight excluding hydrogens is 356 g/mol. The van der Waals surface area contributed by atoms with E-state index in [1.54, 1.807) is 12.1 Å². The van der Waals surface area contributed by atoms with E-state index in [-0.39, 0.29) is 4.90 Å². The predicted molar refractivity (Wildman–Crippen MR) is 104 cm³/mol. The summed E-state index contributed by atoms with van der Waals surface area (Å²) in [5, 5.41) is 0.510. The molecule has 0 aromatic heterocycles. The Hall–Kier alpha value is -1.72. The third kappa shape index (κ3) is 4.28. The first-order valence-corrected chi connectivity index (χ1v) is 10.5. The first-order valence-electron chi connectivity index (χ1n) is 8.64. The summed E-state index contributed by atoms with van der Waals surface area (Å²) in [7, 11) is -3.61. The van der Waals surface area contributed by atoms with Crippen LogP contribution in [0.15, 0.2) is 53.4 Å². The van der Waals surface area contributed by atoms with E-state index in [1.807, 2.05) is 24.3 Å². The van der Waals surface area contributed by atoms with Crippen molar-refractivity contribution in [2.45, 2.75) is 43.5 Å². The van der Waals surface area contributed by atoms with Gasteiger partial charge in [-0.2, -0.15) is 0 Å². The SMILES string of the molecule is CCC1CCCCN1c1ccc(NS(=O)(=O)c2ccc(Cl)cc2)cc1. The molecule has 6 heteroatoms. The zero-order valence-corrected chi connectivity index (χ0v) is 15.9. The van der Waals surface area contributed by atoms with Crippen LogP contribution in [0.3, 0.4) is 0 Å². The Kier molecular flexibility index (Phi) is 5.54. The quantitative estimate of drug-likeness (QED) is 0.804. The molecule has 1 atom stereocenters. The fraction of sp³-hybridized carbons (Fsp3) is 0.368. The van der Waals surface area contributed by atoms with Crippen LogP contribution in [0.25, 0.3) is 0 Å². The van der Waals surface area contributed by atoms with Crippen LogP contribution < -0.4 is 9.62 Å². The molecule has 1 aliphatic heterocycles. The maximum atomic E-state index is 12.4. The van der Waals surface area contributed by atoms with Crippen LogP contribution >= 0.6 is 11.6 Å². The topological polar surface area (TPSA) is 49.4 Å². The molecule has 1 fully saturated rings. The fourth-order valence-corrected chi connectivity index (χ4v) is 4.50. The van der Waals surface area contributed by atoms with Gasteiger partial charge < -0.3 is 4.90 Å². The lowest BCUT2D eigenvalue weighted by atomic mass is 9.99. The standard InChI is InChI=1S/C19H23ClN2O2S/c1-2-17-5-3-4-14-22(17)18-10-8-16(9-11-18)21-25(23,24)19-12-6-15(20)7-13-19/h6-13,17,21H,2-5,14H2,1H3. The summed E-state index contributed by atoms with van der Waals surface area (Å²) >= 11 is 5.82. The van der Waals surface area contributed by atoms with Crippen molar-refractivity contribution in [3.63, 3.8) is 0 Å². The van der Waals surface area contributed by atoms with Gasteiger partial charge >= 0.3 is 0 Å². The van der Waals surface area contributed by atoms with E-state index in [9.17, 15) is 8.42 Å². The van der Waals surface area contributed by atoms with Crippen LogP contribution in [-0.2, 0) is 10.0 Å². The van der Waals surface area contributed by atoms with Gasteiger partial charge in [0.25, 0.3) is 10.0 Å². The van der Waals surface area contributed by atoms with Crippen molar-refractivity contribution in [2.24, 2.45) is 0 Å². The highest BCUT2D eigenvalue weighted by atomic mass is 35.5. The number of nitrogens with one attached hydrogen (secondary N) is 1. The number of piperidine rings is 1. The molecule has 2 aromatic carbocycles.